The van der Waals surface area contributed by atoms with Crippen molar-refractivity contribution < 1.29 is 8.42 Å². The fourth-order valence-corrected chi connectivity index (χ4v) is 6.09. The highest BCUT2D eigenvalue weighted by atomic mass is 32.2. The predicted molar refractivity (Wildman–Crippen MR) is 138 cm³/mol. The van der Waals surface area contributed by atoms with E-state index < -0.39 is 9.84 Å². The van der Waals surface area contributed by atoms with E-state index in [2.05, 4.69) is 33.6 Å². The molecule has 35 heavy (non-hydrogen) atoms. The summed E-state index contributed by atoms with van der Waals surface area (Å²) in [6, 6.07) is 10.1. The normalized spacial score (nSPS) is 15.4. The Hall–Kier alpha value is -2.78. The molecule has 1 N–H and O–H groups in total. The predicted octanol–water partition coefficient (Wildman–Crippen LogP) is 2.86. The van der Waals surface area contributed by atoms with Gasteiger partial charge < -0.3 is 9.88 Å². The van der Waals surface area contributed by atoms with Gasteiger partial charge in [0, 0.05) is 43.2 Å². The number of rotatable bonds is 13. The first kappa shape index (κ1) is 25.3. The van der Waals surface area contributed by atoms with E-state index in [0.717, 1.165) is 49.9 Å². The smallest absolute Gasteiger partial charge is 0.266 e. The first-order chi connectivity index (χ1) is 16.9. The van der Waals surface area contributed by atoms with Crippen LogP contribution in [0.15, 0.2) is 53.8 Å². The molecular formula is C26H35N5O3S. The van der Waals surface area contributed by atoms with E-state index in [0.29, 0.717) is 31.3 Å². The van der Waals surface area contributed by atoms with E-state index in [9.17, 15) is 13.2 Å². The Morgan fingerprint density at radius 2 is 1.86 bits per heavy atom. The molecule has 1 aliphatic rings. The molecular weight excluding hydrogens is 462 g/mol. The van der Waals surface area contributed by atoms with Crippen molar-refractivity contribution in [1.82, 2.24) is 24.6 Å². The molecule has 2 heterocycles. The minimum absolute atomic E-state index is 0.0958. The van der Waals surface area contributed by atoms with Crippen molar-refractivity contribution in [2.75, 3.05) is 18.1 Å². The molecule has 0 aliphatic heterocycles. The Morgan fingerprint density at radius 3 is 2.66 bits per heavy atom. The number of nitrogens with one attached hydrogen (secondary N) is 1. The van der Waals surface area contributed by atoms with E-state index in [1.165, 1.54) is 11.1 Å². The Bertz CT molecular complexity index is 1270. The third-order valence-corrected chi connectivity index (χ3v) is 8.34. The third-order valence-electron chi connectivity index (χ3n) is 6.52. The summed E-state index contributed by atoms with van der Waals surface area (Å²) in [7, 11) is -2.93. The van der Waals surface area contributed by atoms with Crippen LogP contribution in [0.25, 0.3) is 11.3 Å². The van der Waals surface area contributed by atoms with Gasteiger partial charge in [-0.2, -0.15) is 5.10 Å². The maximum Gasteiger partial charge on any atom is 0.266 e. The first-order valence-corrected chi connectivity index (χ1v) is 14.4. The highest BCUT2D eigenvalue weighted by molar-refractivity contribution is 7.91. The molecule has 2 aromatic heterocycles. The van der Waals surface area contributed by atoms with Crippen LogP contribution in [0.2, 0.25) is 0 Å². The van der Waals surface area contributed by atoms with Gasteiger partial charge in [0.05, 0.1) is 23.5 Å². The molecule has 0 saturated carbocycles. The molecule has 3 aromatic rings. The molecule has 0 bridgehead atoms. The lowest BCUT2D eigenvalue weighted by Gasteiger charge is -2.11. The average Bonchev–Trinajstić information content (AvgIpc) is 3.51. The zero-order valence-corrected chi connectivity index (χ0v) is 21.2. The number of sulfone groups is 1. The van der Waals surface area contributed by atoms with Crippen LogP contribution in [0.3, 0.4) is 0 Å². The van der Waals surface area contributed by atoms with Crippen LogP contribution in [0.1, 0.15) is 43.7 Å². The number of nitrogens with zero attached hydrogens (tertiary/aromatic N) is 4. The van der Waals surface area contributed by atoms with Crippen LogP contribution < -0.4 is 10.9 Å². The van der Waals surface area contributed by atoms with Crippen molar-refractivity contribution in [3.63, 3.8) is 0 Å². The summed E-state index contributed by atoms with van der Waals surface area (Å²) in [5.74, 6) is 0.556. The zero-order chi connectivity index (χ0) is 24.7. The molecule has 4 rings (SSSR count). The van der Waals surface area contributed by atoms with Crippen LogP contribution in [0.4, 0.5) is 0 Å². The Labute approximate surface area is 207 Å². The van der Waals surface area contributed by atoms with Crippen molar-refractivity contribution in [2.45, 2.75) is 64.6 Å². The number of benzene rings is 1. The van der Waals surface area contributed by atoms with Gasteiger partial charge in [-0.3, -0.25) is 4.79 Å². The Balaban J connectivity index is 1.31. The highest BCUT2D eigenvalue weighted by Gasteiger charge is 2.22. The van der Waals surface area contributed by atoms with Crippen molar-refractivity contribution in [3.8, 4) is 11.3 Å². The van der Waals surface area contributed by atoms with E-state index in [-0.39, 0.29) is 11.3 Å². The van der Waals surface area contributed by atoms with Gasteiger partial charge in [-0.05, 0) is 61.9 Å². The number of hydrogen-bond acceptors (Lipinski definition) is 6. The molecule has 0 spiro atoms. The van der Waals surface area contributed by atoms with Crippen molar-refractivity contribution >= 4 is 9.84 Å². The summed E-state index contributed by atoms with van der Waals surface area (Å²) in [6.45, 7) is 4.06. The number of aryl methyl sites for hydroxylation is 2. The molecule has 1 unspecified atom stereocenters. The van der Waals surface area contributed by atoms with Crippen LogP contribution in [-0.2, 0) is 35.8 Å². The van der Waals surface area contributed by atoms with Crippen molar-refractivity contribution in [1.29, 1.82) is 0 Å². The van der Waals surface area contributed by atoms with Gasteiger partial charge in [0.15, 0.2) is 0 Å². The van der Waals surface area contributed by atoms with Gasteiger partial charge in [0.25, 0.3) is 5.56 Å². The van der Waals surface area contributed by atoms with Gasteiger partial charge in [-0.25, -0.2) is 18.1 Å². The average molecular weight is 498 g/mol. The molecule has 8 nitrogen and oxygen atoms in total. The summed E-state index contributed by atoms with van der Waals surface area (Å²) in [6.07, 6.45) is 10.4. The number of imidazole rings is 1. The first-order valence-electron chi connectivity index (χ1n) is 12.5. The Kier molecular flexibility index (Phi) is 8.51. The van der Waals surface area contributed by atoms with Gasteiger partial charge in [0.2, 0.25) is 0 Å². The van der Waals surface area contributed by atoms with Crippen molar-refractivity contribution in [2.24, 2.45) is 0 Å². The third kappa shape index (κ3) is 7.11. The minimum Gasteiger partial charge on any atom is -0.337 e. The van der Waals surface area contributed by atoms with Gasteiger partial charge in [0.1, 0.15) is 9.84 Å². The van der Waals surface area contributed by atoms with Crippen LogP contribution >= 0.6 is 0 Å². The molecule has 1 aliphatic carbocycles. The van der Waals surface area contributed by atoms with Crippen LogP contribution in [-0.4, -0.2) is 51.8 Å². The number of fused-ring (bicyclic) bond motifs is 1. The van der Waals surface area contributed by atoms with E-state index in [4.69, 9.17) is 0 Å². The maximum atomic E-state index is 12.3. The zero-order valence-electron chi connectivity index (χ0n) is 20.4. The van der Waals surface area contributed by atoms with Gasteiger partial charge in [-0.1, -0.05) is 25.5 Å². The molecule has 1 aromatic carbocycles. The van der Waals surface area contributed by atoms with Crippen molar-refractivity contribution in [3.05, 3.63) is 70.5 Å². The molecule has 0 amide bonds. The topological polar surface area (TPSA) is 98.9 Å². The van der Waals surface area contributed by atoms with Crippen LogP contribution in [0, 0.1) is 0 Å². The van der Waals surface area contributed by atoms with Crippen LogP contribution in [0.5, 0.6) is 0 Å². The molecule has 0 saturated heterocycles. The standard InChI is InChI=1S/C26H35N5O3S/c1-2-3-15-35(33,34)16-4-10-28-24-18-21-6-7-22(17-23(21)19-24)25-8-9-26(32)31(29-25)13-5-12-30-14-11-27-20-30/h6-9,11,14,17,20,24,28H,2-5,10,12-13,15-16,18-19H2,1H3. The highest BCUT2D eigenvalue weighted by Crippen LogP contribution is 2.27. The largest absolute Gasteiger partial charge is 0.337 e. The lowest BCUT2D eigenvalue weighted by atomic mass is 10.0. The fourth-order valence-electron chi connectivity index (χ4n) is 4.57. The number of aromatic nitrogens is 4. The summed E-state index contributed by atoms with van der Waals surface area (Å²) >= 11 is 0. The number of unbranched alkanes of at least 4 members (excludes halogenated alkanes) is 1. The SMILES string of the molecule is CCCCS(=O)(=O)CCCNC1Cc2ccc(-c3ccc(=O)n(CCCn4ccnc4)n3)cc2C1. The van der Waals surface area contributed by atoms with E-state index >= 15 is 0 Å². The summed E-state index contributed by atoms with van der Waals surface area (Å²) in [5, 5.41) is 8.15. The lowest BCUT2D eigenvalue weighted by molar-refractivity contribution is 0.508. The molecule has 9 heteroatoms. The van der Waals surface area contributed by atoms with Gasteiger partial charge >= 0.3 is 0 Å². The van der Waals surface area contributed by atoms with E-state index in [1.54, 1.807) is 29.3 Å². The maximum absolute atomic E-state index is 12.3. The number of hydrogen-bond donors (Lipinski definition) is 1. The Morgan fingerprint density at radius 1 is 1.03 bits per heavy atom. The molecule has 188 valence electrons. The monoisotopic (exact) mass is 497 g/mol. The second-order valence-corrected chi connectivity index (χ2v) is 11.6. The second kappa shape index (κ2) is 11.8. The van der Waals surface area contributed by atoms with E-state index in [1.807, 2.05) is 17.7 Å². The summed E-state index contributed by atoms with van der Waals surface area (Å²) in [4.78, 5) is 16.3. The molecule has 1 atom stereocenters. The summed E-state index contributed by atoms with van der Waals surface area (Å²) in [5.41, 5.74) is 4.31. The minimum atomic E-state index is -2.93. The fraction of sp³-hybridized carbons (Fsp3) is 0.500. The lowest BCUT2D eigenvalue weighted by Crippen LogP contribution is -2.31. The quantitative estimate of drug-likeness (QED) is 0.365. The molecule has 0 radical (unpaired) electrons. The molecule has 0 fully saturated rings. The van der Waals surface area contributed by atoms with Gasteiger partial charge in [-0.15, -0.1) is 0 Å². The second-order valence-electron chi connectivity index (χ2n) is 9.34. The summed E-state index contributed by atoms with van der Waals surface area (Å²) < 4.78 is 27.6.